The van der Waals surface area contributed by atoms with E-state index in [2.05, 4.69) is 4.74 Å². The topological polar surface area (TPSA) is 125 Å². The van der Waals surface area contributed by atoms with E-state index in [1.54, 1.807) is 0 Å². The van der Waals surface area contributed by atoms with E-state index in [9.17, 15) is 14.4 Å². The van der Waals surface area contributed by atoms with E-state index >= 15 is 0 Å². The molecule has 0 spiro atoms. The molecular formula is C31H46Cl4O9V. The number of hydrogen-bond acceptors (Lipinski definition) is 9. The number of ether oxygens (including phenoxy) is 4. The van der Waals surface area contributed by atoms with Crippen molar-refractivity contribution in [3.63, 3.8) is 0 Å². The van der Waals surface area contributed by atoms with Crippen LogP contribution in [0.5, 0.6) is 0 Å². The van der Waals surface area contributed by atoms with E-state index in [1.807, 2.05) is 73.9 Å². The number of carbonyl (C=O) groups is 3. The SMILES string of the molecule is CC(=O)OC(C)=O.CC(=O)OCCc1ccccc1.Cl.Cl.ClCCl.OCCc1ccccc1.[CH-]1CCCO1.[CH-]1CCCO1.[O]=[V+2]. The Morgan fingerprint density at radius 1 is 0.756 bits per heavy atom. The molecular weight excluding hydrogens is 709 g/mol. The molecule has 2 aliphatic rings. The summed E-state index contributed by atoms with van der Waals surface area (Å²) in [6, 6.07) is 19.9. The zero-order chi connectivity index (χ0) is 33.0. The van der Waals surface area contributed by atoms with Gasteiger partial charge in [0.05, 0.1) is 11.9 Å². The molecule has 0 saturated carbocycles. The Morgan fingerprint density at radius 2 is 1.13 bits per heavy atom. The second-order valence-corrected chi connectivity index (χ2v) is 8.89. The number of aliphatic hydroxyl groups is 1. The van der Waals surface area contributed by atoms with Gasteiger partial charge in [-0.3, -0.25) is 14.4 Å². The summed E-state index contributed by atoms with van der Waals surface area (Å²) in [5.74, 6) is -1.34. The molecule has 9 nitrogen and oxygen atoms in total. The predicted molar refractivity (Wildman–Crippen MR) is 177 cm³/mol. The van der Waals surface area contributed by atoms with Gasteiger partial charge in [0.2, 0.25) is 0 Å². The number of aliphatic hydroxyl groups excluding tert-OH is 1. The molecule has 0 aliphatic carbocycles. The Kier molecular flexibility index (Phi) is 52.5. The molecule has 0 amide bonds. The molecule has 0 atom stereocenters. The minimum absolute atomic E-state index is 0. The van der Waals surface area contributed by atoms with Gasteiger partial charge in [-0.1, -0.05) is 73.5 Å². The normalized spacial score (nSPS) is 11.5. The minimum atomic E-state index is -0.562. The van der Waals surface area contributed by atoms with Crippen LogP contribution in [0.4, 0.5) is 0 Å². The van der Waals surface area contributed by atoms with E-state index in [0.29, 0.717) is 6.61 Å². The average molecular weight is 755 g/mol. The molecule has 2 saturated heterocycles. The maximum atomic E-state index is 10.4. The molecule has 0 bridgehead atoms. The van der Waals surface area contributed by atoms with Gasteiger partial charge in [0, 0.05) is 47.0 Å². The molecule has 2 aromatic carbocycles. The van der Waals surface area contributed by atoms with Crippen LogP contribution in [-0.2, 0) is 67.2 Å². The average Bonchev–Trinajstić information content (AvgIpc) is 3.76. The van der Waals surface area contributed by atoms with E-state index < -0.39 is 11.9 Å². The fraction of sp³-hybridized carbons (Fsp3) is 0.452. The predicted octanol–water partition coefficient (Wildman–Crippen LogP) is 7.17. The van der Waals surface area contributed by atoms with Crippen LogP contribution in [0.15, 0.2) is 60.7 Å². The Hall–Kier alpha value is -1.53. The third kappa shape index (κ3) is 49.5. The van der Waals surface area contributed by atoms with E-state index in [4.69, 9.17) is 46.2 Å². The van der Waals surface area contributed by atoms with E-state index in [1.165, 1.54) is 44.7 Å². The first-order chi connectivity index (χ1) is 20.8. The van der Waals surface area contributed by atoms with Crippen molar-refractivity contribution in [1.29, 1.82) is 0 Å². The van der Waals surface area contributed by atoms with Gasteiger partial charge in [0.1, 0.15) is 0 Å². The van der Waals surface area contributed by atoms with Crippen molar-refractivity contribution >= 4 is 65.9 Å². The fourth-order valence-electron chi connectivity index (χ4n) is 2.77. The number of alkyl halides is 2. The summed E-state index contributed by atoms with van der Waals surface area (Å²) in [7, 11) is 0. The second-order valence-electron chi connectivity index (χ2n) is 8.08. The van der Waals surface area contributed by atoms with Crippen molar-refractivity contribution in [2.24, 2.45) is 0 Å². The summed E-state index contributed by atoms with van der Waals surface area (Å²) >= 11 is 10.6. The molecule has 1 N–H and O–H groups in total. The third-order valence-electron chi connectivity index (χ3n) is 4.47. The standard InChI is InChI=1S/C10H12O2.C8H10O.C4H6O3.2C4H7O.CH2Cl2.2ClH.O.V/c1-9(11)12-8-7-10-5-3-2-4-6-10;9-7-6-8-4-2-1-3-5-8;1-3(5)7-4(2)6;2*1-2-4-5-3-1;2-1-3;;;;/h2-6H,7-8H2,1H3;1-5,9H,6-7H2;1-2H3;2*3H,1-2,4H2;1H2;2*1H;;/q;;;2*-1;;;;;+2. The third-order valence-corrected chi connectivity index (χ3v) is 4.47. The van der Waals surface area contributed by atoms with Crippen LogP contribution >= 0.6 is 48.0 Å². The van der Waals surface area contributed by atoms with E-state index in [0.717, 1.165) is 56.3 Å². The van der Waals surface area contributed by atoms with Crippen LogP contribution in [0.25, 0.3) is 0 Å². The number of carbonyl (C=O) groups excluding carboxylic acids is 3. The second kappa shape index (κ2) is 44.6. The van der Waals surface area contributed by atoms with Gasteiger partial charge in [0.15, 0.2) is 0 Å². The summed E-state index contributed by atoms with van der Waals surface area (Å²) in [5.41, 5.74) is 2.39. The first-order valence-electron chi connectivity index (χ1n) is 13.4. The van der Waals surface area contributed by atoms with Crippen LogP contribution in [-0.4, -0.2) is 54.8 Å². The Balaban J connectivity index is -0.000000146. The number of hydrogen-bond donors (Lipinski definition) is 1. The number of rotatable bonds is 5. The van der Waals surface area contributed by atoms with Gasteiger partial charge >= 0.3 is 39.0 Å². The summed E-state index contributed by atoms with van der Waals surface area (Å²) in [5, 5.41) is 8.71. The summed E-state index contributed by atoms with van der Waals surface area (Å²) in [4.78, 5) is 30.0. The zero-order valence-corrected chi connectivity index (χ0v) is 30.5. The monoisotopic (exact) mass is 753 g/mol. The fourth-order valence-corrected chi connectivity index (χ4v) is 2.77. The van der Waals surface area contributed by atoms with Crippen molar-refractivity contribution in [2.45, 2.75) is 59.3 Å². The summed E-state index contributed by atoms with van der Waals surface area (Å²) in [6.45, 7) is 10.1. The molecule has 4 rings (SSSR count). The van der Waals surface area contributed by atoms with Crippen LogP contribution in [0.3, 0.4) is 0 Å². The molecule has 0 unspecified atom stereocenters. The molecule has 257 valence electrons. The van der Waals surface area contributed by atoms with Gasteiger partial charge < -0.3 is 24.1 Å². The molecule has 2 aliphatic heterocycles. The molecule has 14 heteroatoms. The van der Waals surface area contributed by atoms with Crippen LogP contribution < -0.4 is 0 Å². The maximum absolute atomic E-state index is 10.4. The molecule has 0 radical (unpaired) electrons. The van der Waals surface area contributed by atoms with Crippen molar-refractivity contribution in [2.75, 3.05) is 31.8 Å². The van der Waals surface area contributed by atoms with E-state index in [-0.39, 0.29) is 42.7 Å². The summed E-state index contributed by atoms with van der Waals surface area (Å²) in [6.07, 6.45) is 6.31. The summed E-state index contributed by atoms with van der Waals surface area (Å²) < 4.78 is 26.6. The molecule has 45 heavy (non-hydrogen) atoms. The van der Waals surface area contributed by atoms with Gasteiger partial charge in [-0.05, 0) is 17.5 Å². The molecule has 2 aromatic rings. The van der Waals surface area contributed by atoms with Crippen LogP contribution in [0.1, 0.15) is 57.6 Å². The number of benzene rings is 2. The van der Waals surface area contributed by atoms with Crippen LogP contribution in [0, 0.1) is 13.2 Å². The van der Waals surface area contributed by atoms with Gasteiger partial charge in [-0.15, -0.1) is 48.0 Å². The molecule has 2 heterocycles. The van der Waals surface area contributed by atoms with Gasteiger partial charge in [0.25, 0.3) is 0 Å². The zero-order valence-electron chi connectivity index (χ0n) is 25.9. The first-order valence-corrected chi connectivity index (χ1v) is 15.1. The number of esters is 3. The van der Waals surface area contributed by atoms with Crippen molar-refractivity contribution in [3.8, 4) is 0 Å². The quantitative estimate of drug-likeness (QED) is 0.146. The molecule has 0 aromatic heterocycles. The van der Waals surface area contributed by atoms with Gasteiger partial charge in [-0.2, -0.15) is 12.8 Å². The van der Waals surface area contributed by atoms with Crippen molar-refractivity contribution in [3.05, 3.63) is 85.0 Å². The van der Waals surface area contributed by atoms with Crippen LogP contribution in [0.2, 0.25) is 0 Å². The Labute approximate surface area is 300 Å². The van der Waals surface area contributed by atoms with Crippen molar-refractivity contribution < 1.29 is 59.5 Å². The van der Waals surface area contributed by atoms with Gasteiger partial charge in [-0.25, -0.2) is 13.2 Å². The Bertz CT molecular complexity index is 854. The Morgan fingerprint density at radius 3 is 1.36 bits per heavy atom. The number of halogens is 4. The molecule has 2 fully saturated rings. The van der Waals surface area contributed by atoms with Crippen molar-refractivity contribution in [1.82, 2.24) is 0 Å². The first kappa shape index (κ1) is 53.0.